The second-order valence-electron chi connectivity index (χ2n) is 5.25. The van der Waals surface area contributed by atoms with Crippen molar-refractivity contribution in [1.82, 2.24) is 10.3 Å². The minimum absolute atomic E-state index is 0.122. The molecule has 0 aliphatic carbocycles. The third-order valence-electron chi connectivity index (χ3n) is 3.31. The highest BCUT2D eigenvalue weighted by Gasteiger charge is 2.13. The van der Waals surface area contributed by atoms with E-state index in [4.69, 9.17) is 0 Å². The molecule has 21 heavy (non-hydrogen) atoms. The molecule has 0 aliphatic heterocycles. The van der Waals surface area contributed by atoms with Crippen LogP contribution in [0.2, 0.25) is 0 Å². The maximum Gasteiger partial charge on any atom is 0.149 e. The van der Waals surface area contributed by atoms with Crippen LogP contribution in [-0.2, 0) is 16.4 Å². The second-order valence-corrected chi connectivity index (χ2v) is 7.51. The predicted molar refractivity (Wildman–Crippen MR) is 87.5 cm³/mol. The molecule has 1 N–H and O–H groups in total. The number of benzene rings is 1. The summed E-state index contributed by atoms with van der Waals surface area (Å²) in [5.74, 6) is 0.948. The molecule has 0 saturated carbocycles. The van der Waals surface area contributed by atoms with Crippen LogP contribution in [0.3, 0.4) is 0 Å². The van der Waals surface area contributed by atoms with Gasteiger partial charge in [0.05, 0.1) is 11.3 Å². The van der Waals surface area contributed by atoms with E-state index in [1.54, 1.807) is 0 Å². The molecule has 1 aromatic carbocycles. The molecule has 1 heterocycles. The number of hydrogen-bond acceptors (Lipinski definition) is 5. The van der Waals surface area contributed by atoms with Gasteiger partial charge in [-0.3, -0.25) is 0 Å². The zero-order valence-electron chi connectivity index (χ0n) is 12.6. The van der Waals surface area contributed by atoms with Gasteiger partial charge >= 0.3 is 0 Å². The van der Waals surface area contributed by atoms with E-state index in [2.05, 4.69) is 16.4 Å². The number of nitrogens with one attached hydrogen (secondary N) is 1. The maximum absolute atomic E-state index is 11.3. The summed E-state index contributed by atoms with van der Waals surface area (Å²) in [5.41, 5.74) is 1.98. The summed E-state index contributed by atoms with van der Waals surface area (Å²) in [4.78, 5) is 6.59. The maximum atomic E-state index is 11.3. The van der Waals surface area contributed by atoms with Crippen molar-refractivity contribution in [2.45, 2.75) is 6.54 Å². The number of sulfone groups is 1. The zero-order chi connectivity index (χ0) is 15.5. The Kier molecular flexibility index (Phi) is 4.80. The lowest BCUT2D eigenvalue weighted by Gasteiger charge is -2.21. The molecule has 0 fully saturated rings. The molecule has 0 radical (unpaired) electrons. The van der Waals surface area contributed by atoms with Crippen LogP contribution in [0.4, 0.5) is 5.82 Å². The van der Waals surface area contributed by atoms with Gasteiger partial charge in [-0.2, -0.15) is 0 Å². The number of anilines is 1. The Hall–Kier alpha value is -1.66. The van der Waals surface area contributed by atoms with Crippen molar-refractivity contribution in [3.8, 4) is 0 Å². The van der Waals surface area contributed by atoms with Crippen molar-refractivity contribution >= 4 is 26.6 Å². The Morgan fingerprint density at radius 2 is 2.00 bits per heavy atom. The lowest BCUT2D eigenvalue weighted by atomic mass is 10.1. The SMILES string of the molecule is CNCc1cc2ccccc2nc1N(C)CCS(C)(=O)=O. The third-order valence-corrected chi connectivity index (χ3v) is 4.23. The third kappa shape index (κ3) is 4.15. The standard InChI is InChI=1S/C15H21N3O2S/c1-16-11-13-10-12-6-4-5-7-14(12)17-15(13)18(2)8-9-21(3,19)20/h4-7,10,16H,8-9,11H2,1-3H3. The minimum Gasteiger partial charge on any atom is -0.358 e. The van der Waals surface area contributed by atoms with Gasteiger partial charge in [0, 0.05) is 37.3 Å². The second kappa shape index (κ2) is 6.41. The Bertz CT molecular complexity index is 729. The van der Waals surface area contributed by atoms with E-state index in [0.717, 1.165) is 22.3 Å². The first kappa shape index (κ1) is 15.7. The van der Waals surface area contributed by atoms with Gasteiger partial charge in [0.15, 0.2) is 0 Å². The van der Waals surface area contributed by atoms with Gasteiger partial charge in [-0.25, -0.2) is 13.4 Å². The number of pyridine rings is 1. The Morgan fingerprint density at radius 1 is 1.29 bits per heavy atom. The molecule has 114 valence electrons. The lowest BCUT2D eigenvalue weighted by molar-refractivity contribution is 0.601. The summed E-state index contributed by atoms with van der Waals surface area (Å²) >= 11 is 0. The minimum atomic E-state index is -2.98. The van der Waals surface area contributed by atoms with E-state index in [1.165, 1.54) is 6.26 Å². The van der Waals surface area contributed by atoms with Crippen LogP contribution in [-0.4, -0.2) is 46.1 Å². The van der Waals surface area contributed by atoms with E-state index in [1.807, 2.05) is 43.3 Å². The molecule has 5 nitrogen and oxygen atoms in total. The van der Waals surface area contributed by atoms with Gasteiger partial charge in [-0.15, -0.1) is 0 Å². The number of aromatic nitrogens is 1. The topological polar surface area (TPSA) is 62.3 Å². The van der Waals surface area contributed by atoms with E-state index < -0.39 is 9.84 Å². The van der Waals surface area contributed by atoms with E-state index in [9.17, 15) is 8.42 Å². The van der Waals surface area contributed by atoms with Crippen LogP contribution in [0, 0.1) is 0 Å². The van der Waals surface area contributed by atoms with E-state index in [0.29, 0.717) is 13.1 Å². The Morgan fingerprint density at radius 3 is 2.67 bits per heavy atom. The Balaban J connectivity index is 2.37. The quantitative estimate of drug-likeness (QED) is 0.875. The van der Waals surface area contributed by atoms with E-state index in [-0.39, 0.29) is 5.75 Å². The Labute approximate surface area is 125 Å². The van der Waals surface area contributed by atoms with Gasteiger partial charge in [0.25, 0.3) is 0 Å². The molecular weight excluding hydrogens is 286 g/mol. The number of hydrogen-bond donors (Lipinski definition) is 1. The van der Waals surface area contributed by atoms with Gasteiger partial charge in [-0.05, 0) is 19.2 Å². The zero-order valence-corrected chi connectivity index (χ0v) is 13.4. The fourth-order valence-electron chi connectivity index (χ4n) is 2.21. The van der Waals surface area contributed by atoms with Crippen molar-refractivity contribution in [1.29, 1.82) is 0 Å². The number of para-hydroxylation sites is 1. The van der Waals surface area contributed by atoms with E-state index >= 15 is 0 Å². The van der Waals surface area contributed by atoms with Gasteiger partial charge in [-0.1, -0.05) is 18.2 Å². The van der Waals surface area contributed by atoms with Crippen molar-refractivity contribution in [3.05, 3.63) is 35.9 Å². The number of nitrogens with zero attached hydrogens (tertiary/aromatic N) is 2. The highest BCUT2D eigenvalue weighted by Crippen LogP contribution is 2.22. The average Bonchev–Trinajstić information content (AvgIpc) is 2.43. The molecule has 0 spiro atoms. The highest BCUT2D eigenvalue weighted by atomic mass is 32.2. The molecule has 1 aromatic heterocycles. The van der Waals surface area contributed by atoms with Crippen molar-refractivity contribution in [2.24, 2.45) is 0 Å². The van der Waals surface area contributed by atoms with Crippen molar-refractivity contribution in [2.75, 3.05) is 37.5 Å². The average molecular weight is 307 g/mol. The number of rotatable bonds is 6. The first-order chi connectivity index (χ1) is 9.90. The molecule has 0 aliphatic rings. The summed E-state index contributed by atoms with van der Waals surface area (Å²) in [6.45, 7) is 1.12. The number of fused-ring (bicyclic) bond motifs is 1. The van der Waals surface area contributed by atoms with Crippen LogP contribution in [0.1, 0.15) is 5.56 Å². The monoisotopic (exact) mass is 307 g/mol. The van der Waals surface area contributed by atoms with Crippen LogP contribution in [0.5, 0.6) is 0 Å². The first-order valence-corrected chi connectivity index (χ1v) is 8.89. The molecule has 0 amide bonds. The molecule has 6 heteroatoms. The summed E-state index contributed by atoms with van der Waals surface area (Å²) in [6.07, 6.45) is 1.25. The fourth-order valence-corrected chi connectivity index (χ4v) is 2.81. The summed E-state index contributed by atoms with van der Waals surface area (Å²) < 4.78 is 22.7. The lowest BCUT2D eigenvalue weighted by Crippen LogP contribution is -2.27. The summed E-state index contributed by atoms with van der Waals surface area (Å²) in [5, 5.41) is 4.22. The van der Waals surface area contributed by atoms with Gasteiger partial charge in [0.1, 0.15) is 15.7 Å². The summed E-state index contributed by atoms with van der Waals surface area (Å²) in [6, 6.07) is 10.0. The van der Waals surface area contributed by atoms with Crippen molar-refractivity contribution in [3.63, 3.8) is 0 Å². The van der Waals surface area contributed by atoms with Crippen LogP contribution in [0.25, 0.3) is 10.9 Å². The normalized spacial score (nSPS) is 11.8. The molecule has 0 unspecified atom stereocenters. The molecule has 0 bridgehead atoms. The smallest absolute Gasteiger partial charge is 0.149 e. The molecule has 2 rings (SSSR count). The van der Waals surface area contributed by atoms with Crippen LogP contribution in [0.15, 0.2) is 30.3 Å². The summed E-state index contributed by atoms with van der Waals surface area (Å²) in [7, 11) is 0.781. The molecule has 0 saturated heterocycles. The van der Waals surface area contributed by atoms with Gasteiger partial charge in [0.2, 0.25) is 0 Å². The van der Waals surface area contributed by atoms with Crippen LogP contribution >= 0.6 is 0 Å². The molecule has 2 aromatic rings. The predicted octanol–water partition coefficient (Wildman–Crippen LogP) is 1.44. The first-order valence-electron chi connectivity index (χ1n) is 6.83. The molecule has 0 atom stereocenters. The molecular formula is C15H21N3O2S. The highest BCUT2D eigenvalue weighted by molar-refractivity contribution is 7.90. The largest absolute Gasteiger partial charge is 0.358 e. The van der Waals surface area contributed by atoms with Crippen molar-refractivity contribution < 1.29 is 8.42 Å². The van der Waals surface area contributed by atoms with Gasteiger partial charge < -0.3 is 10.2 Å². The fraction of sp³-hybridized carbons (Fsp3) is 0.400. The van der Waals surface area contributed by atoms with Crippen LogP contribution < -0.4 is 10.2 Å².